The van der Waals surface area contributed by atoms with Crippen molar-refractivity contribution in [1.29, 1.82) is 0 Å². The first-order chi connectivity index (χ1) is 13.6. The lowest BCUT2D eigenvalue weighted by Crippen LogP contribution is -2.44. The van der Waals surface area contributed by atoms with Crippen LogP contribution < -0.4 is 10.6 Å². The molecular formula is C19H23F2N3O5. The van der Waals surface area contributed by atoms with Gasteiger partial charge in [-0.05, 0) is 32.4 Å². The molecule has 1 fully saturated rings. The molecule has 0 saturated carbocycles. The lowest BCUT2D eigenvalue weighted by molar-refractivity contribution is -0.155. The molecule has 0 aliphatic carbocycles. The molecule has 1 aromatic rings. The van der Waals surface area contributed by atoms with Gasteiger partial charge < -0.3 is 15.4 Å². The lowest BCUT2D eigenvalue weighted by Gasteiger charge is -2.21. The molecule has 4 amide bonds. The van der Waals surface area contributed by atoms with Gasteiger partial charge in [-0.2, -0.15) is 0 Å². The molecule has 8 nitrogen and oxygen atoms in total. The van der Waals surface area contributed by atoms with Gasteiger partial charge >= 0.3 is 12.0 Å². The Bertz CT molecular complexity index is 832. The zero-order valence-corrected chi connectivity index (χ0v) is 16.4. The summed E-state index contributed by atoms with van der Waals surface area (Å²) in [7, 11) is 0. The van der Waals surface area contributed by atoms with Gasteiger partial charge in [0.15, 0.2) is 6.10 Å². The van der Waals surface area contributed by atoms with Crippen LogP contribution >= 0.6 is 0 Å². The second-order valence-electron chi connectivity index (χ2n) is 7.00. The van der Waals surface area contributed by atoms with Crippen LogP contribution in [0, 0.1) is 11.6 Å². The molecule has 0 unspecified atom stereocenters. The Morgan fingerprint density at radius 1 is 1.31 bits per heavy atom. The van der Waals surface area contributed by atoms with Gasteiger partial charge in [-0.3, -0.25) is 19.3 Å². The molecule has 1 aromatic carbocycles. The molecule has 1 saturated heterocycles. The number of esters is 1. The Balaban J connectivity index is 1.93. The van der Waals surface area contributed by atoms with Crippen LogP contribution in [0.15, 0.2) is 18.2 Å². The third-order valence-corrected chi connectivity index (χ3v) is 4.53. The minimum Gasteiger partial charge on any atom is -0.451 e. The number of hydrogen-bond acceptors (Lipinski definition) is 5. The van der Waals surface area contributed by atoms with Crippen LogP contribution in [0.2, 0.25) is 0 Å². The number of imide groups is 1. The Labute approximate surface area is 166 Å². The van der Waals surface area contributed by atoms with E-state index in [1.54, 1.807) is 6.92 Å². The fourth-order valence-electron chi connectivity index (χ4n) is 2.83. The van der Waals surface area contributed by atoms with Gasteiger partial charge in [0, 0.05) is 6.07 Å². The molecule has 2 N–H and O–H groups in total. The summed E-state index contributed by atoms with van der Waals surface area (Å²) < 4.78 is 31.4. The fourth-order valence-corrected chi connectivity index (χ4v) is 2.83. The summed E-state index contributed by atoms with van der Waals surface area (Å²) in [6.45, 7) is 4.12. The van der Waals surface area contributed by atoms with Crippen LogP contribution in [0.25, 0.3) is 0 Å². The van der Waals surface area contributed by atoms with Crippen molar-refractivity contribution >= 4 is 29.5 Å². The standard InChI is InChI=1S/C19H23F2N3O5/c1-4-5-8-19(3)17(27)24(18(28)23-19)10-15(25)29-11(2)16(26)22-14-7-6-12(20)9-13(14)21/h6-7,9,11H,4-5,8,10H2,1-3H3,(H,22,26)(H,23,28)/t11-,19+/m0/s1. The number of hydrogen-bond donors (Lipinski definition) is 2. The summed E-state index contributed by atoms with van der Waals surface area (Å²) in [5.41, 5.74) is -1.36. The predicted octanol–water partition coefficient (Wildman–Crippen LogP) is 2.34. The molecule has 2 atom stereocenters. The van der Waals surface area contributed by atoms with Crippen molar-refractivity contribution in [2.24, 2.45) is 0 Å². The molecule has 0 bridgehead atoms. The number of halogens is 2. The summed E-state index contributed by atoms with van der Waals surface area (Å²) in [5, 5.41) is 4.74. The molecular weight excluding hydrogens is 388 g/mol. The average Bonchev–Trinajstić information content (AvgIpc) is 2.85. The SMILES string of the molecule is CCCC[C@@]1(C)NC(=O)N(CC(=O)O[C@@H](C)C(=O)Nc2ccc(F)cc2F)C1=O. The molecule has 10 heteroatoms. The first-order valence-corrected chi connectivity index (χ1v) is 9.17. The van der Waals surface area contributed by atoms with E-state index >= 15 is 0 Å². The molecule has 158 valence electrons. The van der Waals surface area contributed by atoms with Crippen molar-refractivity contribution in [1.82, 2.24) is 10.2 Å². The molecule has 2 rings (SSSR count). The van der Waals surface area contributed by atoms with E-state index in [4.69, 9.17) is 4.74 Å². The molecule has 1 aliphatic rings. The largest absolute Gasteiger partial charge is 0.451 e. The third-order valence-electron chi connectivity index (χ3n) is 4.53. The number of nitrogens with one attached hydrogen (secondary N) is 2. The maximum atomic E-state index is 13.6. The number of carbonyl (C=O) groups is 4. The Morgan fingerprint density at radius 2 is 2.00 bits per heavy atom. The zero-order valence-electron chi connectivity index (χ0n) is 16.4. The van der Waals surface area contributed by atoms with E-state index in [1.165, 1.54) is 6.92 Å². The van der Waals surface area contributed by atoms with Crippen molar-refractivity contribution in [2.45, 2.75) is 51.7 Å². The second-order valence-corrected chi connectivity index (χ2v) is 7.00. The Morgan fingerprint density at radius 3 is 2.62 bits per heavy atom. The van der Waals surface area contributed by atoms with Gasteiger partial charge in [0.2, 0.25) is 0 Å². The van der Waals surface area contributed by atoms with Crippen LogP contribution in [0.1, 0.15) is 40.0 Å². The van der Waals surface area contributed by atoms with Gasteiger partial charge in [-0.1, -0.05) is 19.8 Å². The normalized spacial score (nSPS) is 19.7. The summed E-state index contributed by atoms with van der Waals surface area (Å²) in [4.78, 5) is 49.4. The minimum absolute atomic E-state index is 0.278. The maximum Gasteiger partial charge on any atom is 0.327 e. The van der Waals surface area contributed by atoms with E-state index in [0.29, 0.717) is 12.5 Å². The van der Waals surface area contributed by atoms with Gasteiger partial charge in [0.05, 0.1) is 5.69 Å². The highest BCUT2D eigenvalue weighted by atomic mass is 19.1. The Hall–Kier alpha value is -3.04. The van der Waals surface area contributed by atoms with E-state index in [-0.39, 0.29) is 5.69 Å². The summed E-state index contributed by atoms with van der Waals surface area (Å²) in [5.74, 6) is -4.16. The highest BCUT2D eigenvalue weighted by Crippen LogP contribution is 2.23. The van der Waals surface area contributed by atoms with Crippen LogP contribution in [0.5, 0.6) is 0 Å². The van der Waals surface area contributed by atoms with Crippen molar-refractivity contribution in [3.05, 3.63) is 29.8 Å². The topological polar surface area (TPSA) is 105 Å². The minimum atomic E-state index is -1.33. The first-order valence-electron chi connectivity index (χ1n) is 9.17. The number of carbonyl (C=O) groups excluding carboxylic acids is 4. The molecule has 0 aromatic heterocycles. The first kappa shape index (κ1) is 22.3. The summed E-state index contributed by atoms with van der Waals surface area (Å²) in [6.07, 6.45) is 0.654. The number of amides is 4. The van der Waals surface area contributed by atoms with Crippen LogP contribution in [0.4, 0.5) is 19.3 Å². The van der Waals surface area contributed by atoms with Crippen molar-refractivity contribution in [3.63, 3.8) is 0 Å². The average molecular weight is 411 g/mol. The van der Waals surface area contributed by atoms with E-state index < -0.39 is 53.6 Å². The number of unbranched alkanes of at least 4 members (excludes halogenated alkanes) is 1. The molecule has 1 heterocycles. The van der Waals surface area contributed by atoms with Crippen molar-refractivity contribution in [3.8, 4) is 0 Å². The van der Waals surface area contributed by atoms with Gasteiger partial charge in [-0.15, -0.1) is 0 Å². The van der Waals surface area contributed by atoms with E-state index in [2.05, 4.69) is 10.6 Å². The number of rotatable bonds is 8. The van der Waals surface area contributed by atoms with E-state index in [1.807, 2.05) is 6.92 Å². The third kappa shape index (κ3) is 5.27. The smallest absolute Gasteiger partial charge is 0.327 e. The highest BCUT2D eigenvalue weighted by Gasteiger charge is 2.48. The van der Waals surface area contributed by atoms with Crippen LogP contribution in [-0.4, -0.2) is 46.9 Å². The van der Waals surface area contributed by atoms with Gasteiger partial charge in [0.25, 0.3) is 11.8 Å². The Kier molecular flexibility index (Phi) is 6.89. The molecule has 0 radical (unpaired) electrons. The summed E-state index contributed by atoms with van der Waals surface area (Å²) in [6, 6.07) is 1.87. The summed E-state index contributed by atoms with van der Waals surface area (Å²) >= 11 is 0. The van der Waals surface area contributed by atoms with Crippen molar-refractivity contribution in [2.75, 3.05) is 11.9 Å². The molecule has 29 heavy (non-hydrogen) atoms. The van der Waals surface area contributed by atoms with E-state index in [0.717, 1.165) is 29.9 Å². The number of nitrogens with zero attached hydrogens (tertiary/aromatic N) is 1. The van der Waals surface area contributed by atoms with Crippen LogP contribution in [0.3, 0.4) is 0 Å². The van der Waals surface area contributed by atoms with Gasteiger partial charge in [-0.25, -0.2) is 13.6 Å². The monoisotopic (exact) mass is 411 g/mol. The van der Waals surface area contributed by atoms with Crippen LogP contribution in [-0.2, 0) is 19.1 Å². The number of ether oxygens (including phenoxy) is 1. The number of anilines is 1. The highest BCUT2D eigenvalue weighted by molar-refractivity contribution is 6.08. The molecule has 0 spiro atoms. The van der Waals surface area contributed by atoms with Gasteiger partial charge in [0.1, 0.15) is 23.7 Å². The second kappa shape index (κ2) is 8.97. The van der Waals surface area contributed by atoms with Crippen molar-refractivity contribution < 1.29 is 32.7 Å². The quantitative estimate of drug-likeness (QED) is 0.505. The zero-order chi connectivity index (χ0) is 21.8. The predicted molar refractivity (Wildman–Crippen MR) is 98.7 cm³/mol. The maximum absolute atomic E-state index is 13.6. The van der Waals surface area contributed by atoms with E-state index in [9.17, 15) is 28.0 Å². The number of urea groups is 1. The fraction of sp³-hybridized carbons (Fsp3) is 0.474. The lowest BCUT2D eigenvalue weighted by atomic mass is 9.95. The number of benzene rings is 1. The molecule has 1 aliphatic heterocycles.